The molecule has 7 nitrogen and oxygen atoms in total. The molecule has 0 aliphatic carbocycles. The molecule has 4 heterocycles. The average molecular weight is 433 g/mol. The summed E-state index contributed by atoms with van der Waals surface area (Å²) in [5.41, 5.74) is 5.95. The molecule has 1 fully saturated rings. The summed E-state index contributed by atoms with van der Waals surface area (Å²) in [5, 5.41) is 0. The first kappa shape index (κ1) is 22.1. The molecule has 0 saturated carbocycles. The molecule has 0 amide bonds. The number of anilines is 1. The van der Waals surface area contributed by atoms with E-state index in [1.807, 2.05) is 38.5 Å². The normalized spacial score (nSPS) is 14.9. The lowest BCUT2D eigenvalue weighted by Crippen LogP contribution is -2.46. The number of piperazine rings is 1. The lowest BCUT2D eigenvalue weighted by molar-refractivity contribution is 0.246. The van der Waals surface area contributed by atoms with E-state index in [4.69, 9.17) is 4.98 Å². The summed E-state index contributed by atoms with van der Waals surface area (Å²) in [6, 6.07) is 6.24. The molecular weight excluding hydrogens is 400 g/mol. The second-order valence-electron chi connectivity index (χ2n) is 9.00. The molecule has 168 valence electrons. The van der Waals surface area contributed by atoms with Crippen molar-refractivity contribution in [1.82, 2.24) is 24.4 Å². The van der Waals surface area contributed by atoms with Crippen molar-refractivity contribution in [3.8, 4) is 11.1 Å². The Morgan fingerprint density at radius 1 is 1.03 bits per heavy atom. The molecular formula is C25H32N6O. The van der Waals surface area contributed by atoms with Crippen LogP contribution in [-0.4, -0.2) is 50.6 Å². The van der Waals surface area contributed by atoms with E-state index in [9.17, 15) is 4.79 Å². The van der Waals surface area contributed by atoms with Gasteiger partial charge in [-0.05, 0) is 38.0 Å². The molecule has 0 atom stereocenters. The summed E-state index contributed by atoms with van der Waals surface area (Å²) < 4.78 is 1.65. The third kappa shape index (κ3) is 4.72. The Morgan fingerprint density at radius 2 is 1.78 bits per heavy atom. The van der Waals surface area contributed by atoms with E-state index in [1.165, 1.54) is 0 Å². The van der Waals surface area contributed by atoms with Crippen LogP contribution in [-0.2, 0) is 13.6 Å². The van der Waals surface area contributed by atoms with E-state index >= 15 is 0 Å². The van der Waals surface area contributed by atoms with Gasteiger partial charge >= 0.3 is 0 Å². The van der Waals surface area contributed by atoms with Gasteiger partial charge in [-0.15, -0.1) is 0 Å². The van der Waals surface area contributed by atoms with Gasteiger partial charge in [-0.1, -0.05) is 13.8 Å². The van der Waals surface area contributed by atoms with Gasteiger partial charge in [0.25, 0.3) is 5.56 Å². The van der Waals surface area contributed by atoms with Crippen LogP contribution in [0, 0.1) is 13.8 Å². The summed E-state index contributed by atoms with van der Waals surface area (Å²) in [4.78, 5) is 30.8. The zero-order valence-corrected chi connectivity index (χ0v) is 19.7. The van der Waals surface area contributed by atoms with Crippen molar-refractivity contribution in [2.24, 2.45) is 7.05 Å². The number of hydrogen-bond acceptors (Lipinski definition) is 6. The van der Waals surface area contributed by atoms with Gasteiger partial charge in [0.05, 0.1) is 17.1 Å². The van der Waals surface area contributed by atoms with Gasteiger partial charge in [-0.25, -0.2) is 4.98 Å². The molecule has 0 unspecified atom stereocenters. The topological polar surface area (TPSA) is 67.2 Å². The highest BCUT2D eigenvalue weighted by Gasteiger charge is 2.21. The van der Waals surface area contributed by atoms with Crippen LogP contribution >= 0.6 is 0 Å². The standard InChI is InChI=1S/C25H32N6O/c1-17(2)24-22(20-12-18(3)25(32)29(5)15-20)6-7-23(28-24)31-10-8-30(9-11-31)16-21-14-26-19(4)13-27-21/h6-7,12-15,17H,8-11,16H2,1-5H3. The molecule has 32 heavy (non-hydrogen) atoms. The van der Waals surface area contributed by atoms with Gasteiger partial charge < -0.3 is 9.47 Å². The van der Waals surface area contributed by atoms with Crippen LogP contribution in [0.5, 0.6) is 0 Å². The zero-order chi connectivity index (χ0) is 22.8. The number of hydrogen-bond donors (Lipinski definition) is 0. The van der Waals surface area contributed by atoms with Crippen LogP contribution < -0.4 is 10.5 Å². The fourth-order valence-electron chi connectivity index (χ4n) is 4.21. The minimum absolute atomic E-state index is 0.0407. The SMILES string of the molecule is Cc1cnc(CN2CCN(c3ccc(-c4cc(C)c(=O)n(C)c4)c(C(C)C)n3)CC2)cn1. The molecule has 0 N–H and O–H groups in total. The third-order valence-corrected chi connectivity index (χ3v) is 6.05. The van der Waals surface area contributed by atoms with Crippen molar-refractivity contribution in [3.63, 3.8) is 0 Å². The molecule has 3 aromatic heterocycles. The number of nitrogens with zero attached hydrogens (tertiary/aromatic N) is 6. The van der Waals surface area contributed by atoms with Crippen LogP contribution in [0.15, 0.2) is 41.6 Å². The Morgan fingerprint density at radius 3 is 2.41 bits per heavy atom. The number of aromatic nitrogens is 4. The van der Waals surface area contributed by atoms with Gasteiger partial charge in [0, 0.05) is 75.1 Å². The maximum Gasteiger partial charge on any atom is 0.253 e. The molecule has 1 saturated heterocycles. The van der Waals surface area contributed by atoms with Crippen molar-refractivity contribution in [2.45, 2.75) is 40.2 Å². The molecule has 7 heteroatoms. The summed E-state index contributed by atoms with van der Waals surface area (Å²) in [7, 11) is 1.80. The van der Waals surface area contributed by atoms with Gasteiger partial charge in [0.15, 0.2) is 0 Å². The van der Waals surface area contributed by atoms with Crippen LogP contribution in [0.2, 0.25) is 0 Å². The summed E-state index contributed by atoms with van der Waals surface area (Å²) >= 11 is 0. The highest BCUT2D eigenvalue weighted by molar-refractivity contribution is 5.68. The predicted octanol–water partition coefficient (Wildman–Crippen LogP) is 3.30. The first-order chi connectivity index (χ1) is 15.3. The molecule has 0 spiro atoms. The van der Waals surface area contributed by atoms with E-state index < -0.39 is 0 Å². The first-order valence-electron chi connectivity index (χ1n) is 11.2. The van der Waals surface area contributed by atoms with Crippen LogP contribution in [0.25, 0.3) is 11.1 Å². The van der Waals surface area contributed by atoms with Gasteiger partial charge in [0.2, 0.25) is 0 Å². The smallest absolute Gasteiger partial charge is 0.253 e. The van der Waals surface area contributed by atoms with Crippen LogP contribution in [0.1, 0.15) is 42.4 Å². The minimum atomic E-state index is 0.0407. The maximum absolute atomic E-state index is 12.1. The van der Waals surface area contributed by atoms with E-state index in [0.717, 1.165) is 72.3 Å². The monoisotopic (exact) mass is 432 g/mol. The number of pyridine rings is 2. The van der Waals surface area contributed by atoms with Gasteiger partial charge in [0.1, 0.15) is 5.82 Å². The van der Waals surface area contributed by atoms with Crippen molar-refractivity contribution in [1.29, 1.82) is 0 Å². The summed E-state index contributed by atoms with van der Waals surface area (Å²) in [6.07, 6.45) is 5.61. The van der Waals surface area contributed by atoms with E-state index in [0.29, 0.717) is 0 Å². The fraction of sp³-hybridized carbons (Fsp3) is 0.440. The Hall–Kier alpha value is -3.06. The summed E-state index contributed by atoms with van der Waals surface area (Å²) in [6.45, 7) is 12.8. The molecule has 1 aliphatic heterocycles. The quantitative estimate of drug-likeness (QED) is 0.616. The van der Waals surface area contributed by atoms with E-state index in [1.54, 1.807) is 11.6 Å². The number of rotatable bonds is 5. The van der Waals surface area contributed by atoms with Crippen molar-refractivity contribution < 1.29 is 0 Å². The average Bonchev–Trinajstić information content (AvgIpc) is 2.79. The van der Waals surface area contributed by atoms with Crippen molar-refractivity contribution in [3.05, 3.63) is 69.8 Å². The molecule has 4 rings (SSSR count). The molecule has 1 aliphatic rings. The molecule has 0 radical (unpaired) electrons. The Kier molecular flexibility index (Phi) is 6.37. The van der Waals surface area contributed by atoms with Crippen LogP contribution in [0.4, 0.5) is 5.82 Å². The lowest BCUT2D eigenvalue weighted by atomic mass is 9.97. The first-order valence-corrected chi connectivity index (χ1v) is 11.2. The minimum Gasteiger partial charge on any atom is -0.354 e. The molecule has 3 aromatic rings. The highest BCUT2D eigenvalue weighted by atomic mass is 16.1. The van der Waals surface area contributed by atoms with Gasteiger partial charge in [-0.3, -0.25) is 19.7 Å². The second kappa shape index (κ2) is 9.20. The maximum atomic E-state index is 12.1. The Balaban J connectivity index is 1.51. The van der Waals surface area contributed by atoms with E-state index in [-0.39, 0.29) is 11.5 Å². The fourth-order valence-corrected chi connectivity index (χ4v) is 4.21. The molecule has 0 bridgehead atoms. The van der Waals surface area contributed by atoms with Crippen molar-refractivity contribution in [2.75, 3.05) is 31.1 Å². The van der Waals surface area contributed by atoms with Crippen molar-refractivity contribution >= 4 is 5.82 Å². The molecule has 0 aromatic carbocycles. The predicted molar refractivity (Wildman–Crippen MR) is 128 cm³/mol. The largest absolute Gasteiger partial charge is 0.354 e. The Labute approximate surface area is 189 Å². The Bertz CT molecular complexity index is 1120. The second-order valence-corrected chi connectivity index (χ2v) is 9.00. The highest BCUT2D eigenvalue weighted by Crippen LogP contribution is 2.30. The van der Waals surface area contributed by atoms with Gasteiger partial charge in [-0.2, -0.15) is 0 Å². The zero-order valence-electron chi connectivity index (χ0n) is 19.7. The number of aryl methyl sites for hydroxylation is 3. The third-order valence-electron chi connectivity index (χ3n) is 6.05. The van der Waals surface area contributed by atoms with Crippen LogP contribution in [0.3, 0.4) is 0 Å². The van der Waals surface area contributed by atoms with E-state index in [2.05, 4.69) is 45.7 Å². The lowest BCUT2D eigenvalue weighted by Gasteiger charge is -2.35. The summed E-state index contributed by atoms with van der Waals surface area (Å²) in [5.74, 6) is 1.30.